The first kappa shape index (κ1) is 23.5. The molecule has 33 heavy (non-hydrogen) atoms. The summed E-state index contributed by atoms with van der Waals surface area (Å²) in [4.78, 5) is 25.7. The molecule has 0 spiro atoms. The Labute approximate surface area is 194 Å². The van der Waals surface area contributed by atoms with Gasteiger partial charge in [-0.25, -0.2) is 15.0 Å². The number of benzene rings is 1. The number of fused-ring (bicyclic) bond motifs is 1. The molecule has 1 amide bonds. The smallest absolute Gasteiger partial charge is 0.256 e. The Bertz CT molecular complexity index is 1130. The van der Waals surface area contributed by atoms with Crippen LogP contribution in [-0.4, -0.2) is 52.5 Å². The maximum atomic E-state index is 12.6. The zero-order valence-electron chi connectivity index (χ0n) is 19.8. The van der Waals surface area contributed by atoms with E-state index in [0.29, 0.717) is 35.5 Å². The van der Waals surface area contributed by atoms with Crippen LogP contribution in [0.2, 0.25) is 18.1 Å². The van der Waals surface area contributed by atoms with Crippen molar-refractivity contribution < 1.29 is 14.0 Å². The third kappa shape index (κ3) is 4.69. The molecule has 2 aromatic heterocycles. The van der Waals surface area contributed by atoms with Crippen molar-refractivity contribution in [3.8, 4) is 0 Å². The van der Waals surface area contributed by atoms with Gasteiger partial charge in [-0.3, -0.25) is 9.36 Å². The van der Waals surface area contributed by atoms with Crippen molar-refractivity contribution in [2.24, 2.45) is 5.73 Å². The second-order valence-electron chi connectivity index (χ2n) is 9.88. The Morgan fingerprint density at radius 1 is 1.24 bits per heavy atom. The van der Waals surface area contributed by atoms with E-state index >= 15 is 0 Å². The summed E-state index contributed by atoms with van der Waals surface area (Å²) in [5.74, 6) is 0.100. The number of imidazole rings is 1. The molecule has 1 fully saturated rings. The van der Waals surface area contributed by atoms with E-state index in [0.717, 1.165) is 0 Å². The van der Waals surface area contributed by atoms with Crippen LogP contribution in [0.15, 0.2) is 43.0 Å². The monoisotopic (exact) mass is 468 g/mol. The number of aromatic nitrogens is 4. The average Bonchev–Trinajstić information content (AvgIpc) is 3.37. The molecule has 9 nitrogen and oxygen atoms in total. The minimum absolute atomic E-state index is 0.0883. The van der Waals surface area contributed by atoms with E-state index in [4.69, 9.17) is 14.9 Å². The number of hydrogen-bond donors (Lipinski definition) is 2. The number of nitrogens with two attached hydrogens (primary N) is 1. The summed E-state index contributed by atoms with van der Waals surface area (Å²) in [6.07, 6.45) is 3.11. The van der Waals surface area contributed by atoms with Gasteiger partial charge < -0.3 is 20.2 Å². The van der Waals surface area contributed by atoms with Gasteiger partial charge in [0.2, 0.25) is 0 Å². The lowest BCUT2D eigenvalue weighted by Gasteiger charge is -2.39. The third-order valence-corrected chi connectivity index (χ3v) is 11.1. The van der Waals surface area contributed by atoms with Crippen molar-refractivity contribution in [1.82, 2.24) is 19.5 Å². The molecule has 3 heterocycles. The fraction of sp³-hybridized carbons (Fsp3) is 0.478. The summed E-state index contributed by atoms with van der Waals surface area (Å²) in [5.41, 5.74) is 7.66. The molecule has 3 atom stereocenters. The van der Waals surface area contributed by atoms with E-state index in [-0.39, 0.29) is 29.4 Å². The van der Waals surface area contributed by atoms with Crippen LogP contribution in [-0.2, 0) is 9.16 Å². The predicted molar refractivity (Wildman–Crippen MR) is 129 cm³/mol. The Morgan fingerprint density at radius 2 is 1.97 bits per heavy atom. The summed E-state index contributed by atoms with van der Waals surface area (Å²) in [6, 6.07) is 8.97. The van der Waals surface area contributed by atoms with E-state index < -0.39 is 8.32 Å². The highest BCUT2D eigenvalue weighted by molar-refractivity contribution is 6.74. The summed E-state index contributed by atoms with van der Waals surface area (Å²) in [5, 5.41) is 2.92. The van der Waals surface area contributed by atoms with Crippen molar-refractivity contribution in [2.75, 3.05) is 11.9 Å². The Hall–Kier alpha value is -2.66. The molecule has 0 bridgehead atoms. The van der Waals surface area contributed by atoms with Crippen molar-refractivity contribution in [2.45, 2.75) is 63.8 Å². The number of ether oxygens (including phenoxy) is 1. The van der Waals surface area contributed by atoms with Gasteiger partial charge in [-0.1, -0.05) is 39.0 Å². The molecular weight excluding hydrogens is 436 g/mol. The molecule has 1 saturated heterocycles. The van der Waals surface area contributed by atoms with Gasteiger partial charge in [0.25, 0.3) is 5.91 Å². The molecular formula is C23H32N6O3Si. The van der Waals surface area contributed by atoms with Crippen LogP contribution < -0.4 is 11.1 Å². The molecule has 1 aromatic carbocycles. The first-order chi connectivity index (χ1) is 15.6. The van der Waals surface area contributed by atoms with Crippen LogP contribution in [0.25, 0.3) is 11.2 Å². The largest absolute Gasteiger partial charge is 0.411 e. The van der Waals surface area contributed by atoms with Crippen LogP contribution in [0.5, 0.6) is 0 Å². The second-order valence-corrected chi connectivity index (χ2v) is 14.6. The number of carbonyl (C=O) groups excluding carboxylic acids is 1. The zero-order valence-corrected chi connectivity index (χ0v) is 20.8. The lowest BCUT2D eigenvalue weighted by Crippen LogP contribution is -2.47. The van der Waals surface area contributed by atoms with Crippen molar-refractivity contribution in [3.63, 3.8) is 0 Å². The number of amides is 1. The average molecular weight is 469 g/mol. The van der Waals surface area contributed by atoms with Gasteiger partial charge in [-0.05, 0) is 30.3 Å². The third-order valence-electron chi connectivity index (χ3n) is 6.60. The maximum absolute atomic E-state index is 12.6. The highest BCUT2D eigenvalue weighted by Gasteiger charge is 2.45. The molecule has 1 unspecified atom stereocenters. The zero-order chi connectivity index (χ0) is 23.8. The number of hydrogen-bond acceptors (Lipinski definition) is 7. The number of rotatable bonds is 6. The summed E-state index contributed by atoms with van der Waals surface area (Å²) in [7, 11) is -1.99. The van der Waals surface area contributed by atoms with E-state index in [1.807, 2.05) is 22.8 Å². The fourth-order valence-corrected chi connectivity index (χ4v) is 5.04. The molecule has 4 rings (SSSR count). The van der Waals surface area contributed by atoms with Gasteiger partial charge in [-0.15, -0.1) is 0 Å². The number of anilines is 1. The Morgan fingerprint density at radius 3 is 2.64 bits per heavy atom. The summed E-state index contributed by atoms with van der Waals surface area (Å²) in [6.45, 7) is 11.5. The second kappa shape index (κ2) is 8.94. The molecule has 3 aromatic rings. The molecule has 0 radical (unpaired) electrons. The minimum Gasteiger partial charge on any atom is -0.411 e. The van der Waals surface area contributed by atoms with E-state index in [9.17, 15) is 4.79 Å². The molecule has 1 aliphatic rings. The van der Waals surface area contributed by atoms with Crippen LogP contribution in [0.1, 0.15) is 43.8 Å². The first-order valence-corrected chi connectivity index (χ1v) is 14.1. The minimum atomic E-state index is -1.99. The van der Waals surface area contributed by atoms with Gasteiger partial charge in [0.1, 0.15) is 12.6 Å². The fourth-order valence-electron chi connectivity index (χ4n) is 3.68. The predicted octanol–water partition coefficient (Wildman–Crippen LogP) is 3.72. The van der Waals surface area contributed by atoms with Crippen LogP contribution >= 0.6 is 0 Å². The van der Waals surface area contributed by atoms with Crippen LogP contribution in [0.3, 0.4) is 0 Å². The normalized spacial score (nSPS) is 21.5. The SMILES string of the molecule is CC(C)(C)[Si](C)(C)OC1C[C@H](n2cnc3c(NC(=O)c4ccccc4)ncnc32)O[C@@H]1CN. The lowest BCUT2D eigenvalue weighted by atomic mass is 10.2. The summed E-state index contributed by atoms with van der Waals surface area (Å²) >= 11 is 0. The van der Waals surface area contributed by atoms with E-state index in [1.54, 1.807) is 18.5 Å². The molecule has 176 valence electrons. The van der Waals surface area contributed by atoms with Crippen molar-refractivity contribution in [1.29, 1.82) is 0 Å². The number of nitrogens with one attached hydrogen (secondary N) is 1. The Kier molecular flexibility index (Phi) is 6.36. The molecule has 3 N–H and O–H groups in total. The van der Waals surface area contributed by atoms with Gasteiger partial charge >= 0.3 is 0 Å². The quantitative estimate of drug-likeness (QED) is 0.530. The topological polar surface area (TPSA) is 117 Å². The van der Waals surface area contributed by atoms with Crippen LogP contribution in [0.4, 0.5) is 5.82 Å². The first-order valence-electron chi connectivity index (χ1n) is 11.2. The molecule has 1 aliphatic heterocycles. The van der Waals surface area contributed by atoms with E-state index in [2.05, 4.69) is 54.1 Å². The van der Waals surface area contributed by atoms with E-state index in [1.165, 1.54) is 6.33 Å². The van der Waals surface area contributed by atoms with Gasteiger partial charge in [-0.2, -0.15) is 0 Å². The molecule has 10 heteroatoms. The van der Waals surface area contributed by atoms with Crippen molar-refractivity contribution >= 4 is 31.2 Å². The molecule has 0 aliphatic carbocycles. The van der Waals surface area contributed by atoms with Gasteiger partial charge in [0.15, 0.2) is 25.3 Å². The summed E-state index contributed by atoms with van der Waals surface area (Å²) < 4.78 is 14.8. The lowest BCUT2D eigenvalue weighted by molar-refractivity contribution is -0.00945. The standard InChI is InChI=1S/C23H32N6O3Si/c1-23(2,3)33(4,5)32-16-11-18(31-17(16)12-24)29-14-27-19-20(25-13-26-21(19)29)28-22(30)15-9-7-6-8-10-15/h6-10,13-14,16-18H,11-12,24H2,1-5H3,(H,25,26,28,30)/t16?,17-,18-/m1/s1. The van der Waals surface area contributed by atoms with Crippen molar-refractivity contribution in [3.05, 3.63) is 48.5 Å². The number of nitrogens with zero attached hydrogens (tertiary/aromatic N) is 4. The highest BCUT2D eigenvalue weighted by atomic mass is 28.4. The maximum Gasteiger partial charge on any atom is 0.256 e. The van der Waals surface area contributed by atoms with Gasteiger partial charge in [0.05, 0.1) is 18.5 Å². The Balaban J connectivity index is 1.57. The number of carbonyl (C=O) groups is 1. The van der Waals surface area contributed by atoms with Crippen LogP contribution in [0, 0.1) is 0 Å². The van der Waals surface area contributed by atoms with Gasteiger partial charge in [0, 0.05) is 18.5 Å². The molecule has 0 saturated carbocycles. The highest BCUT2D eigenvalue weighted by Crippen LogP contribution is 2.41.